The van der Waals surface area contributed by atoms with Crippen LogP contribution in [0.25, 0.3) is 0 Å². The van der Waals surface area contributed by atoms with E-state index in [-0.39, 0.29) is 10.9 Å². The zero-order valence-electron chi connectivity index (χ0n) is 15.7. The Balaban J connectivity index is 1.49. The quantitative estimate of drug-likeness (QED) is 0.532. The van der Waals surface area contributed by atoms with Gasteiger partial charge in [-0.1, -0.05) is 30.3 Å². The number of urea groups is 1. The normalized spacial score (nSPS) is 11.0. The average molecular weight is 410 g/mol. The van der Waals surface area contributed by atoms with Gasteiger partial charge in [-0.15, -0.1) is 0 Å². The number of rotatable bonds is 8. The minimum absolute atomic E-state index is 0.147. The van der Waals surface area contributed by atoms with Gasteiger partial charge in [0.05, 0.1) is 4.90 Å². The minimum atomic E-state index is -3.61. The van der Waals surface area contributed by atoms with Crippen LogP contribution in [0.5, 0.6) is 0 Å². The third-order valence-electron chi connectivity index (χ3n) is 4.17. The monoisotopic (exact) mass is 410 g/mol. The van der Waals surface area contributed by atoms with Crippen LogP contribution in [-0.4, -0.2) is 26.0 Å². The van der Waals surface area contributed by atoms with Crippen molar-refractivity contribution in [3.8, 4) is 0 Å². The molecule has 0 unspecified atom stereocenters. The van der Waals surface area contributed by atoms with E-state index in [4.69, 9.17) is 0 Å². The van der Waals surface area contributed by atoms with Crippen LogP contribution < -0.4 is 15.4 Å². The second-order valence-corrected chi connectivity index (χ2v) is 8.09. The third kappa shape index (κ3) is 6.41. The molecule has 0 atom stereocenters. The van der Waals surface area contributed by atoms with Gasteiger partial charge in [-0.05, 0) is 53.9 Å². The SMILES string of the molecule is O=C(NCc1ccncc1)Nc1ccc(S(=O)(=O)NCCc2ccccc2)cc1. The summed E-state index contributed by atoms with van der Waals surface area (Å²) in [5.74, 6) is 0. The molecular formula is C21H22N4O3S. The molecule has 0 saturated carbocycles. The molecule has 7 nitrogen and oxygen atoms in total. The number of benzene rings is 2. The maximum atomic E-state index is 12.4. The van der Waals surface area contributed by atoms with E-state index in [0.29, 0.717) is 25.2 Å². The van der Waals surface area contributed by atoms with Gasteiger partial charge in [-0.3, -0.25) is 4.98 Å². The Morgan fingerprint density at radius 3 is 2.24 bits per heavy atom. The molecule has 3 aromatic rings. The summed E-state index contributed by atoms with van der Waals surface area (Å²) in [7, 11) is -3.61. The highest BCUT2D eigenvalue weighted by Gasteiger charge is 2.13. The van der Waals surface area contributed by atoms with Crippen LogP contribution in [0.2, 0.25) is 0 Å². The van der Waals surface area contributed by atoms with Gasteiger partial charge in [0.15, 0.2) is 0 Å². The number of nitrogens with one attached hydrogen (secondary N) is 3. The van der Waals surface area contributed by atoms with Crippen molar-refractivity contribution in [3.05, 3.63) is 90.3 Å². The first-order chi connectivity index (χ1) is 14.0. The molecule has 3 rings (SSSR count). The third-order valence-corrected chi connectivity index (χ3v) is 5.65. The largest absolute Gasteiger partial charge is 0.334 e. The Bertz CT molecular complexity index is 1020. The van der Waals surface area contributed by atoms with Crippen molar-refractivity contribution in [1.29, 1.82) is 0 Å². The highest BCUT2D eigenvalue weighted by Crippen LogP contribution is 2.14. The summed E-state index contributed by atoms with van der Waals surface area (Å²) in [6, 6.07) is 18.9. The predicted molar refractivity (Wildman–Crippen MR) is 112 cm³/mol. The van der Waals surface area contributed by atoms with Gasteiger partial charge < -0.3 is 10.6 Å². The van der Waals surface area contributed by atoms with Crippen LogP contribution in [0.15, 0.2) is 84.0 Å². The van der Waals surface area contributed by atoms with Crippen molar-refractivity contribution < 1.29 is 13.2 Å². The highest BCUT2D eigenvalue weighted by molar-refractivity contribution is 7.89. The van der Waals surface area contributed by atoms with Gasteiger partial charge in [-0.2, -0.15) is 0 Å². The molecule has 0 aliphatic carbocycles. The number of carbonyl (C=O) groups excluding carboxylic acids is 1. The van der Waals surface area contributed by atoms with E-state index in [1.54, 1.807) is 24.5 Å². The first kappa shape index (κ1) is 20.5. The second-order valence-electron chi connectivity index (χ2n) is 6.32. The predicted octanol–water partition coefficient (Wildman–Crippen LogP) is 2.92. The molecule has 0 spiro atoms. The number of nitrogens with zero attached hydrogens (tertiary/aromatic N) is 1. The Hall–Kier alpha value is -3.23. The number of carbonyl (C=O) groups is 1. The van der Waals surface area contributed by atoms with Crippen molar-refractivity contribution in [2.75, 3.05) is 11.9 Å². The molecule has 0 radical (unpaired) electrons. The fraction of sp³-hybridized carbons (Fsp3) is 0.143. The van der Waals surface area contributed by atoms with Crippen LogP contribution in [-0.2, 0) is 23.0 Å². The van der Waals surface area contributed by atoms with Crippen LogP contribution >= 0.6 is 0 Å². The molecule has 0 fully saturated rings. The summed E-state index contributed by atoms with van der Waals surface area (Å²) in [6.45, 7) is 0.676. The average Bonchev–Trinajstić information content (AvgIpc) is 2.74. The van der Waals surface area contributed by atoms with Gasteiger partial charge in [0.25, 0.3) is 0 Å². The number of anilines is 1. The molecule has 0 saturated heterocycles. The summed E-state index contributed by atoms with van der Waals surface area (Å²) < 4.78 is 27.4. The first-order valence-electron chi connectivity index (χ1n) is 9.10. The standard InChI is InChI=1S/C21H22N4O3S/c26-21(23-16-18-10-13-22-14-11-18)25-19-6-8-20(9-7-19)29(27,28)24-15-12-17-4-2-1-3-5-17/h1-11,13-14,24H,12,15-16H2,(H2,23,25,26). The lowest BCUT2D eigenvalue weighted by atomic mass is 10.2. The van der Waals surface area contributed by atoms with Crippen molar-refractivity contribution in [2.45, 2.75) is 17.9 Å². The van der Waals surface area contributed by atoms with E-state index >= 15 is 0 Å². The summed E-state index contributed by atoms with van der Waals surface area (Å²) in [5.41, 5.74) is 2.49. The fourth-order valence-electron chi connectivity index (χ4n) is 2.63. The Morgan fingerprint density at radius 2 is 1.55 bits per heavy atom. The fourth-order valence-corrected chi connectivity index (χ4v) is 3.67. The van der Waals surface area contributed by atoms with E-state index in [2.05, 4.69) is 20.3 Å². The van der Waals surface area contributed by atoms with Crippen molar-refractivity contribution in [1.82, 2.24) is 15.0 Å². The highest BCUT2D eigenvalue weighted by atomic mass is 32.2. The van der Waals surface area contributed by atoms with Gasteiger partial charge in [0, 0.05) is 31.2 Å². The zero-order valence-corrected chi connectivity index (χ0v) is 16.5. The van der Waals surface area contributed by atoms with Gasteiger partial charge in [0.1, 0.15) is 0 Å². The minimum Gasteiger partial charge on any atom is -0.334 e. The lowest BCUT2D eigenvalue weighted by Gasteiger charge is -2.10. The lowest BCUT2D eigenvalue weighted by molar-refractivity contribution is 0.251. The number of amides is 2. The van der Waals surface area contributed by atoms with Crippen LogP contribution in [0.1, 0.15) is 11.1 Å². The smallest absolute Gasteiger partial charge is 0.319 e. The first-order valence-corrected chi connectivity index (χ1v) is 10.6. The number of hydrogen-bond acceptors (Lipinski definition) is 4. The van der Waals surface area contributed by atoms with E-state index in [1.807, 2.05) is 42.5 Å². The summed E-state index contributed by atoms with van der Waals surface area (Å²) in [6.07, 6.45) is 3.92. The van der Waals surface area contributed by atoms with E-state index in [1.165, 1.54) is 12.1 Å². The molecule has 2 amide bonds. The molecule has 0 aliphatic heterocycles. The lowest BCUT2D eigenvalue weighted by Crippen LogP contribution is -2.28. The zero-order chi connectivity index (χ0) is 20.5. The molecule has 2 aromatic carbocycles. The molecule has 1 aromatic heterocycles. The van der Waals surface area contributed by atoms with Gasteiger partial charge in [0.2, 0.25) is 10.0 Å². The maximum absolute atomic E-state index is 12.4. The molecule has 0 aliphatic rings. The van der Waals surface area contributed by atoms with Crippen LogP contribution in [0.4, 0.5) is 10.5 Å². The summed E-state index contributed by atoms with van der Waals surface area (Å²) in [5, 5.41) is 5.40. The molecular weight excluding hydrogens is 388 g/mol. The van der Waals surface area contributed by atoms with Gasteiger partial charge >= 0.3 is 6.03 Å². The van der Waals surface area contributed by atoms with Crippen molar-refractivity contribution in [3.63, 3.8) is 0 Å². The molecule has 150 valence electrons. The molecule has 3 N–H and O–H groups in total. The molecule has 0 bridgehead atoms. The Labute approximate surface area is 170 Å². The van der Waals surface area contributed by atoms with E-state index in [0.717, 1.165) is 11.1 Å². The summed E-state index contributed by atoms with van der Waals surface area (Å²) in [4.78, 5) is 16.0. The number of pyridine rings is 1. The number of sulfonamides is 1. The maximum Gasteiger partial charge on any atom is 0.319 e. The number of hydrogen-bond donors (Lipinski definition) is 3. The molecule has 29 heavy (non-hydrogen) atoms. The molecule has 1 heterocycles. The van der Waals surface area contributed by atoms with Crippen LogP contribution in [0, 0.1) is 0 Å². The Kier molecular flexibility index (Phi) is 6.94. The summed E-state index contributed by atoms with van der Waals surface area (Å²) >= 11 is 0. The second kappa shape index (κ2) is 9.81. The van der Waals surface area contributed by atoms with E-state index in [9.17, 15) is 13.2 Å². The Morgan fingerprint density at radius 1 is 0.862 bits per heavy atom. The topological polar surface area (TPSA) is 100 Å². The van der Waals surface area contributed by atoms with E-state index < -0.39 is 10.0 Å². The van der Waals surface area contributed by atoms with Gasteiger partial charge in [-0.25, -0.2) is 17.9 Å². The van der Waals surface area contributed by atoms with Crippen molar-refractivity contribution >= 4 is 21.7 Å². The van der Waals surface area contributed by atoms with Crippen LogP contribution in [0.3, 0.4) is 0 Å². The number of aromatic nitrogens is 1. The van der Waals surface area contributed by atoms with Crippen molar-refractivity contribution in [2.24, 2.45) is 0 Å². The molecule has 8 heteroatoms.